The zero-order chi connectivity index (χ0) is 7.84. The second-order valence-electron chi connectivity index (χ2n) is 2.33. The Morgan fingerprint density at radius 1 is 1.27 bits per heavy atom. The van der Waals surface area contributed by atoms with Crippen molar-refractivity contribution in [1.29, 1.82) is 0 Å². The number of anilines is 1. The number of fused-ring (bicyclic) bond motifs is 1. The highest BCUT2D eigenvalue weighted by Crippen LogP contribution is 2.27. The molecule has 0 radical (unpaired) electrons. The minimum Gasteiger partial charge on any atom is -0.382 e. The number of nitrogens with zero attached hydrogens (tertiary/aromatic N) is 2. The van der Waals surface area contributed by atoms with E-state index in [1.165, 1.54) is 0 Å². The van der Waals surface area contributed by atoms with Crippen LogP contribution < -0.4 is 5.73 Å². The van der Waals surface area contributed by atoms with E-state index in [9.17, 15) is 0 Å². The van der Waals surface area contributed by atoms with E-state index in [0.29, 0.717) is 24.2 Å². The van der Waals surface area contributed by atoms with Crippen LogP contribution in [-0.2, 0) is 18.0 Å². The molecule has 0 amide bonds. The molecule has 1 aromatic heterocycles. The van der Waals surface area contributed by atoms with Crippen LogP contribution in [0.3, 0.4) is 0 Å². The molecule has 0 fully saturated rings. The van der Waals surface area contributed by atoms with E-state index in [4.69, 9.17) is 22.1 Å². The van der Waals surface area contributed by atoms with Crippen molar-refractivity contribution >= 4 is 17.4 Å². The van der Waals surface area contributed by atoms with Gasteiger partial charge < -0.3 is 10.5 Å². The Kier molecular flexibility index (Phi) is 1.44. The number of nitrogen functional groups attached to an aromatic ring is 1. The van der Waals surface area contributed by atoms with Gasteiger partial charge in [-0.2, -0.15) is 0 Å². The summed E-state index contributed by atoms with van der Waals surface area (Å²) >= 11 is 5.73. The Hall–Kier alpha value is -0.870. The van der Waals surface area contributed by atoms with E-state index in [2.05, 4.69) is 10.2 Å². The first-order valence-electron chi connectivity index (χ1n) is 3.16. The van der Waals surface area contributed by atoms with Gasteiger partial charge in [0.1, 0.15) is 0 Å². The molecule has 0 aliphatic carbocycles. The maximum absolute atomic E-state index is 5.73. The summed E-state index contributed by atoms with van der Waals surface area (Å²) in [6, 6.07) is 0. The lowest BCUT2D eigenvalue weighted by Crippen LogP contribution is -2.00. The minimum absolute atomic E-state index is 0.395. The molecule has 0 spiro atoms. The average Bonchev–Trinajstić information content (AvgIpc) is 2.45. The van der Waals surface area contributed by atoms with Crippen molar-refractivity contribution in [3.8, 4) is 0 Å². The standard InChI is InChI=1S/C6H6ClN3O/c7-5-3-1-11-2-4(3)6(8)10-9-5/h1-2H2,(H2,8,10). The maximum Gasteiger partial charge on any atom is 0.157 e. The predicted octanol–water partition coefficient (Wildman–Crippen LogP) is 0.742. The van der Waals surface area contributed by atoms with Gasteiger partial charge in [-0.05, 0) is 0 Å². The van der Waals surface area contributed by atoms with Gasteiger partial charge in [-0.15, -0.1) is 10.2 Å². The number of nitrogens with two attached hydrogens (primary N) is 1. The molecule has 2 heterocycles. The maximum atomic E-state index is 5.73. The van der Waals surface area contributed by atoms with E-state index in [1.54, 1.807) is 0 Å². The molecule has 0 saturated heterocycles. The SMILES string of the molecule is Nc1nnc(Cl)c2c1COC2. The average molecular weight is 172 g/mol. The fraction of sp³-hybridized carbons (Fsp3) is 0.333. The number of aromatic nitrogens is 2. The molecule has 2 N–H and O–H groups in total. The summed E-state index contributed by atoms with van der Waals surface area (Å²) in [5.41, 5.74) is 7.28. The molecule has 58 valence electrons. The highest BCUT2D eigenvalue weighted by Gasteiger charge is 2.18. The summed E-state index contributed by atoms with van der Waals surface area (Å²) in [6.45, 7) is 0.990. The number of ether oxygens (including phenoxy) is 1. The van der Waals surface area contributed by atoms with E-state index >= 15 is 0 Å². The van der Waals surface area contributed by atoms with E-state index < -0.39 is 0 Å². The van der Waals surface area contributed by atoms with E-state index in [1.807, 2.05) is 0 Å². The molecule has 0 bridgehead atoms. The summed E-state index contributed by atoms with van der Waals surface area (Å²) in [6.07, 6.45) is 0. The first-order chi connectivity index (χ1) is 5.29. The van der Waals surface area contributed by atoms with Gasteiger partial charge in [0, 0.05) is 11.1 Å². The lowest BCUT2D eigenvalue weighted by molar-refractivity contribution is 0.134. The summed E-state index contributed by atoms with van der Waals surface area (Å²) in [7, 11) is 0. The van der Waals surface area contributed by atoms with Gasteiger partial charge in [0.05, 0.1) is 13.2 Å². The van der Waals surface area contributed by atoms with Crippen molar-refractivity contribution in [2.45, 2.75) is 13.2 Å². The van der Waals surface area contributed by atoms with Gasteiger partial charge in [-0.25, -0.2) is 0 Å². The number of halogens is 1. The predicted molar refractivity (Wildman–Crippen MR) is 39.9 cm³/mol. The fourth-order valence-electron chi connectivity index (χ4n) is 1.06. The van der Waals surface area contributed by atoms with E-state index in [0.717, 1.165) is 11.1 Å². The topological polar surface area (TPSA) is 61.0 Å². The molecule has 5 heteroatoms. The zero-order valence-electron chi connectivity index (χ0n) is 5.67. The lowest BCUT2D eigenvalue weighted by atomic mass is 10.2. The van der Waals surface area contributed by atoms with Crippen molar-refractivity contribution in [1.82, 2.24) is 10.2 Å². The van der Waals surface area contributed by atoms with Crippen LogP contribution in [-0.4, -0.2) is 10.2 Å². The lowest BCUT2D eigenvalue weighted by Gasteiger charge is -1.99. The largest absolute Gasteiger partial charge is 0.382 e. The third-order valence-electron chi connectivity index (χ3n) is 1.66. The summed E-state index contributed by atoms with van der Waals surface area (Å²) in [5, 5.41) is 7.72. The van der Waals surface area contributed by atoms with Crippen LogP contribution in [0, 0.1) is 0 Å². The van der Waals surface area contributed by atoms with Gasteiger partial charge in [0.2, 0.25) is 0 Å². The Labute approximate surface area is 68.3 Å². The van der Waals surface area contributed by atoms with Crippen LogP contribution in [0.25, 0.3) is 0 Å². The molecule has 0 unspecified atom stereocenters. The minimum atomic E-state index is 0.395. The number of hydrogen-bond acceptors (Lipinski definition) is 4. The van der Waals surface area contributed by atoms with Crippen molar-refractivity contribution < 1.29 is 4.74 Å². The van der Waals surface area contributed by atoms with Gasteiger partial charge in [0.15, 0.2) is 11.0 Å². The van der Waals surface area contributed by atoms with Crippen molar-refractivity contribution in [2.75, 3.05) is 5.73 Å². The Morgan fingerprint density at radius 2 is 2.00 bits per heavy atom. The zero-order valence-corrected chi connectivity index (χ0v) is 6.43. The Morgan fingerprint density at radius 3 is 2.73 bits per heavy atom. The van der Waals surface area contributed by atoms with Crippen LogP contribution in [0.2, 0.25) is 5.15 Å². The van der Waals surface area contributed by atoms with Crippen molar-refractivity contribution in [3.63, 3.8) is 0 Å². The van der Waals surface area contributed by atoms with Crippen LogP contribution in [0.15, 0.2) is 0 Å². The molecular weight excluding hydrogens is 166 g/mol. The molecule has 2 rings (SSSR count). The fourth-order valence-corrected chi connectivity index (χ4v) is 1.27. The van der Waals surface area contributed by atoms with Gasteiger partial charge in [-0.3, -0.25) is 0 Å². The second kappa shape index (κ2) is 2.32. The van der Waals surface area contributed by atoms with Gasteiger partial charge in [-0.1, -0.05) is 11.6 Å². The highest BCUT2D eigenvalue weighted by molar-refractivity contribution is 6.30. The smallest absolute Gasteiger partial charge is 0.157 e. The van der Waals surface area contributed by atoms with Gasteiger partial charge >= 0.3 is 0 Å². The number of rotatable bonds is 0. The summed E-state index contributed by atoms with van der Waals surface area (Å²) in [4.78, 5) is 0. The first-order valence-corrected chi connectivity index (χ1v) is 3.54. The Bertz CT molecular complexity index is 273. The summed E-state index contributed by atoms with van der Waals surface area (Å²) in [5.74, 6) is 0.418. The Balaban J connectivity index is 2.64. The van der Waals surface area contributed by atoms with Crippen LogP contribution >= 0.6 is 11.6 Å². The summed E-state index contributed by atoms with van der Waals surface area (Å²) < 4.78 is 5.13. The quantitative estimate of drug-likeness (QED) is 0.626. The molecule has 0 atom stereocenters. The monoisotopic (exact) mass is 171 g/mol. The van der Waals surface area contributed by atoms with Crippen molar-refractivity contribution in [3.05, 3.63) is 16.3 Å². The van der Waals surface area contributed by atoms with Crippen molar-refractivity contribution in [2.24, 2.45) is 0 Å². The first kappa shape index (κ1) is 6.82. The molecule has 1 aliphatic heterocycles. The molecular formula is C6H6ClN3O. The van der Waals surface area contributed by atoms with Crippen LogP contribution in [0.1, 0.15) is 11.1 Å². The third kappa shape index (κ3) is 0.948. The van der Waals surface area contributed by atoms with E-state index in [-0.39, 0.29) is 0 Å². The molecule has 1 aromatic rings. The third-order valence-corrected chi connectivity index (χ3v) is 1.96. The molecule has 0 saturated carbocycles. The highest BCUT2D eigenvalue weighted by atomic mass is 35.5. The van der Waals surface area contributed by atoms with Crippen LogP contribution in [0.5, 0.6) is 0 Å². The molecule has 4 nitrogen and oxygen atoms in total. The van der Waals surface area contributed by atoms with Gasteiger partial charge in [0.25, 0.3) is 0 Å². The molecule has 11 heavy (non-hydrogen) atoms. The second-order valence-corrected chi connectivity index (χ2v) is 2.68. The molecule has 1 aliphatic rings. The van der Waals surface area contributed by atoms with Crippen LogP contribution in [0.4, 0.5) is 5.82 Å². The molecule has 0 aromatic carbocycles. The number of hydrogen-bond donors (Lipinski definition) is 1. The normalized spacial score (nSPS) is 15.0.